The van der Waals surface area contributed by atoms with Crippen molar-refractivity contribution in [2.24, 2.45) is 5.92 Å². The van der Waals surface area contributed by atoms with E-state index in [1.54, 1.807) is 0 Å². The number of aromatic nitrogens is 1. The van der Waals surface area contributed by atoms with Crippen molar-refractivity contribution in [3.63, 3.8) is 0 Å². The van der Waals surface area contributed by atoms with Gasteiger partial charge in [-0.25, -0.2) is 0 Å². The van der Waals surface area contributed by atoms with Crippen LogP contribution in [0.5, 0.6) is 0 Å². The zero-order valence-electron chi connectivity index (χ0n) is 10.5. The van der Waals surface area contributed by atoms with Gasteiger partial charge >= 0.3 is 0 Å². The summed E-state index contributed by atoms with van der Waals surface area (Å²) in [6, 6.07) is 4.70. The molecular weight excluding hydrogens is 215 g/mol. The number of halogens is 1. The lowest BCUT2D eigenvalue weighted by Crippen LogP contribution is -2.30. The summed E-state index contributed by atoms with van der Waals surface area (Å²) in [5.41, 5.74) is 2.13. The first-order chi connectivity index (χ1) is 8.33. The summed E-state index contributed by atoms with van der Waals surface area (Å²) in [5.74, 6) is 0.708. The molecule has 0 amide bonds. The molecule has 2 nitrogen and oxygen atoms in total. The second kappa shape index (κ2) is 6.10. The summed E-state index contributed by atoms with van der Waals surface area (Å²) in [7, 11) is 2.04. The van der Waals surface area contributed by atoms with E-state index in [4.69, 9.17) is 0 Å². The maximum absolute atomic E-state index is 12.2. The fourth-order valence-corrected chi connectivity index (χ4v) is 2.76. The Morgan fingerprint density at radius 3 is 2.94 bits per heavy atom. The van der Waals surface area contributed by atoms with E-state index in [0.29, 0.717) is 18.4 Å². The summed E-state index contributed by atoms with van der Waals surface area (Å²) in [5, 5.41) is 3.39. The van der Waals surface area contributed by atoms with Crippen LogP contribution in [-0.2, 0) is 12.8 Å². The number of nitrogens with zero attached hydrogens (tertiary/aromatic N) is 1. The van der Waals surface area contributed by atoms with Crippen LogP contribution in [0.3, 0.4) is 0 Å². The molecule has 0 saturated heterocycles. The number of rotatable bonds is 5. The van der Waals surface area contributed by atoms with Crippen molar-refractivity contribution in [1.82, 2.24) is 10.3 Å². The van der Waals surface area contributed by atoms with Crippen molar-refractivity contribution in [2.45, 2.75) is 38.1 Å². The highest BCUT2D eigenvalue weighted by molar-refractivity contribution is 5.15. The predicted molar refractivity (Wildman–Crippen MR) is 67.8 cm³/mol. The van der Waals surface area contributed by atoms with Gasteiger partial charge in [-0.15, -0.1) is 0 Å². The van der Waals surface area contributed by atoms with Gasteiger partial charge in [0.25, 0.3) is 0 Å². The lowest BCUT2D eigenvalue weighted by Gasteiger charge is -2.18. The molecule has 1 aromatic heterocycles. The van der Waals surface area contributed by atoms with Gasteiger partial charge in [-0.05, 0) is 43.9 Å². The highest BCUT2D eigenvalue weighted by Crippen LogP contribution is 2.28. The van der Waals surface area contributed by atoms with Gasteiger partial charge in [-0.3, -0.25) is 9.37 Å². The minimum absolute atomic E-state index is 0.300. The summed E-state index contributed by atoms with van der Waals surface area (Å²) < 4.78 is 12.2. The Morgan fingerprint density at radius 2 is 2.29 bits per heavy atom. The number of nitrogens with one attached hydrogen (secondary N) is 1. The van der Waals surface area contributed by atoms with E-state index in [9.17, 15) is 4.39 Å². The van der Waals surface area contributed by atoms with Crippen LogP contribution < -0.4 is 5.32 Å². The van der Waals surface area contributed by atoms with Crippen LogP contribution in [-0.4, -0.2) is 24.7 Å². The highest BCUT2D eigenvalue weighted by Gasteiger charge is 2.25. The Balaban J connectivity index is 1.94. The van der Waals surface area contributed by atoms with Crippen molar-refractivity contribution in [3.05, 3.63) is 29.6 Å². The topological polar surface area (TPSA) is 24.9 Å². The van der Waals surface area contributed by atoms with Crippen LogP contribution in [0.2, 0.25) is 0 Å². The van der Waals surface area contributed by atoms with E-state index in [0.717, 1.165) is 17.7 Å². The Bertz CT molecular complexity index is 337. The second-order valence-corrected chi connectivity index (χ2v) is 4.89. The maximum atomic E-state index is 12.2. The van der Waals surface area contributed by atoms with Crippen molar-refractivity contribution in [1.29, 1.82) is 0 Å². The molecule has 1 fully saturated rings. The molecule has 1 aromatic rings. The minimum atomic E-state index is -0.300. The molecule has 1 N–H and O–H groups in total. The SMILES string of the molecule is CNC1CCCC1Cc1ccc(CCF)cn1. The van der Waals surface area contributed by atoms with Gasteiger partial charge in [0.05, 0.1) is 6.67 Å². The molecule has 1 saturated carbocycles. The molecule has 0 aromatic carbocycles. The van der Waals surface area contributed by atoms with E-state index in [1.807, 2.05) is 19.3 Å². The number of hydrogen-bond acceptors (Lipinski definition) is 2. The van der Waals surface area contributed by atoms with Gasteiger partial charge < -0.3 is 5.32 Å². The van der Waals surface area contributed by atoms with E-state index >= 15 is 0 Å². The summed E-state index contributed by atoms with van der Waals surface area (Å²) in [4.78, 5) is 4.44. The van der Waals surface area contributed by atoms with Gasteiger partial charge in [0.2, 0.25) is 0 Å². The first-order valence-corrected chi connectivity index (χ1v) is 6.50. The Labute approximate surface area is 103 Å². The van der Waals surface area contributed by atoms with Gasteiger partial charge in [-0.2, -0.15) is 0 Å². The van der Waals surface area contributed by atoms with Crippen molar-refractivity contribution in [3.8, 4) is 0 Å². The molecule has 0 bridgehead atoms. The lowest BCUT2D eigenvalue weighted by molar-refractivity contribution is 0.420. The van der Waals surface area contributed by atoms with Gasteiger partial charge in [0, 0.05) is 24.4 Å². The highest BCUT2D eigenvalue weighted by atomic mass is 19.1. The molecule has 1 aliphatic rings. The monoisotopic (exact) mass is 236 g/mol. The zero-order chi connectivity index (χ0) is 12.1. The third-order valence-electron chi connectivity index (χ3n) is 3.77. The van der Waals surface area contributed by atoms with Crippen molar-refractivity contribution in [2.75, 3.05) is 13.7 Å². The molecule has 2 atom stereocenters. The molecule has 17 heavy (non-hydrogen) atoms. The molecule has 1 heterocycles. The molecule has 0 spiro atoms. The Morgan fingerprint density at radius 1 is 1.41 bits per heavy atom. The van der Waals surface area contributed by atoms with Gasteiger partial charge in [0.1, 0.15) is 0 Å². The Hall–Kier alpha value is -0.960. The summed E-state index contributed by atoms with van der Waals surface area (Å²) >= 11 is 0. The van der Waals surface area contributed by atoms with Crippen LogP contribution in [0, 0.1) is 5.92 Å². The normalized spacial score (nSPS) is 24.1. The van der Waals surface area contributed by atoms with Crippen molar-refractivity contribution < 1.29 is 4.39 Å². The van der Waals surface area contributed by atoms with Gasteiger partial charge in [-0.1, -0.05) is 12.5 Å². The van der Waals surface area contributed by atoms with Crippen molar-refractivity contribution >= 4 is 0 Å². The van der Waals surface area contributed by atoms with Crippen LogP contribution in [0.1, 0.15) is 30.5 Å². The molecular formula is C14H21FN2. The molecule has 0 radical (unpaired) electrons. The van der Waals surface area contributed by atoms with Crippen LogP contribution in [0.4, 0.5) is 4.39 Å². The zero-order valence-corrected chi connectivity index (χ0v) is 10.5. The third-order valence-corrected chi connectivity index (χ3v) is 3.77. The molecule has 3 heteroatoms. The first kappa shape index (κ1) is 12.5. The fraction of sp³-hybridized carbons (Fsp3) is 0.643. The fourth-order valence-electron chi connectivity index (χ4n) is 2.76. The largest absolute Gasteiger partial charge is 0.317 e. The predicted octanol–water partition coefficient (Wildman–Crippen LogP) is 2.52. The molecule has 1 aliphatic carbocycles. The van der Waals surface area contributed by atoms with Gasteiger partial charge in [0.15, 0.2) is 0 Å². The smallest absolute Gasteiger partial charge is 0.0935 e. The Kier molecular flexibility index (Phi) is 4.49. The van der Waals surface area contributed by atoms with Crippen LogP contribution in [0.15, 0.2) is 18.3 Å². The summed E-state index contributed by atoms with van der Waals surface area (Å²) in [6.45, 7) is -0.300. The number of pyridine rings is 1. The lowest BCUT2D eigenvalue weighted by atomic mass is 9.97. The van der Waals surface area contributed by atoms with Crippen LogP contribution in [0.25, 0.3) is 0 Å². The summed E-state index contributed by atoms with van der Waals surface area (Å²) in [6.07, 6.45) is 7.23. The minimum Gasteiger partial charge on any atom is -0.317 e. The standard InChI is InChI=1S/C14H21FN2/c1-16-14-4-2-3-12(14)9-13-6-5-11(7-8-15)10-17-13/h5-6,10,12,14,16H,2-4,7-9H2,1H3. The number of aryl methyl sites for hydroxylation is 1. The first-order valence-electron chi connectivity index (χ1n) is 6.50. The number of hydrogen-bond donors (Lipinski definition) is 1. The molecule has 2 rings (SSSR count). The molecule has 2 unspecified atom stereocenters. The molecule has 94 valence electrons. The third kappa shape index (κ3) is 3.25. The van der Waals surface area contributed by atoms with E-state index in [2.05, 4.69) is 16.4 Å². The second-order valence-electron chi connectivity index (χ2n) is 4.89. The van der Waals surface area contributed by atoms with Crippen LogP contribution >= 0.6 is 0 Å². The average molecular weight is 236 g/mol. The quantitative estimate of drug-likeness (QED) is 0.849. The number of alkyl halides is 1. The van der Waals surface area contributed by atoms with E-state index in [-0.39, 0.29) is 6.67 Å². The molecule has 0 aliphatic heterocycles. The average Bonchev–Trinajstić information content (AvgIpc) is 2.79. The maximum Gasteiger partial charge on any atom is 0.0935 e. The van der Waals surface area contributed by atoms with E-state index in [1.165, 1.54) is 19.3 Å². The van der Waals surface area contributed by atoms with E-state index < -0.39 is 0 Å².